The fourth-order valence-corrected chi connectivity index (χ4v) is 1.31. The summed E-state index contributed by atoms with van der Waals surface area (Å²) in [5, 5.41) is 8.16. The highest BCUT2D eigenvalue weighted by Gasteiger charge is 2.06. The Hall–Kier alpha value is -1.36. The molecule has 1 amide bonds. The van der Waals surface area contributed by atoms with Crippen LogP contribution in [0.3, 0.4) is 0 Å². The molecule has 1 aliphatic heterocycles. The normalized spacial score (nSPS) is 16.6. The van der Waals surface area contributed by atoms with Crippen molar-refractivity contribution in [3.8, 4) is 0 Å². The van der Waals surface area contributed by atoms with E-state index in [-0.39, 0.29) is 0 Å². The van der Waals surface area contributed by atoms with E-state index in [0.717, 1.165) is 19.5 Å². The van der Waals surface area contributed by atoms with Gasteiger partial charge in [-0.25, -0.2) is 5.01 Å². The highest BCUT2D eigenvalue weighted by atomic mass is 16.1. The number of amides is 1. The van der Waals surface area contributed by atoms with Gasteiger partial charge in [0.2, 0.25) is 6.41 Å². The molecular formula is C9H16N4O. The number of aromatic amines is 1. The van der Waals surface area contributed by atoms with Crippen LogP contribution in [0.4, 0.5) is 0 Å². The number of piperidine rings is 1. The van der Waals surface area contributed by atoms with Gasteiger partial charge in [-0.3, -0.25) is 15.3 Å². The maximum absolute atomic E-state index is 9.92. The Morgan fingerprint density at radius 1 is 1.36 bits per heavy atom. The van der Waals surface area contributed by atoms with Crippen molar-refractivity contribution in [3.05, 3.63) is 18.5 Å². The Kier molecular flexibility index (Phi) is 5.42. The lowest BCUT2D eigenvalue weighted by atomic mass is 10.2. The van der Waals surface area contributed by atoms with Gasteiger partial charge in [-0.2, -0.15) is 5.10 Å². The summed E-state index contributed by atoms with van der Waals surface area (Å²) in [5.41, 5.74) is 2.64. The number of hydrazine groups is 1. The molecule has 0 atom stereocenters. The summed E-state index contributed by atoms with van der Waals surface area (Å²) >= 11 is 0. The number of hydrogen-bond donors (Lipinski definition) is 2. The topological polar surface area (TPSA) is 61.0 Å². The summed E-state index contributed by atoms with van der Waals surface area (Å²) in [7, 11) is 0. The van der Waals surface area contributed by atoms with Crippen LogP contribution in [0.2, 0.25) is 0 Å². The summed E-state index contributed by atoms with van der Waals surface area (Å²) in [6.45, 7) is 2.03. The van der Waals surface area contributed by atoms with Crippen molar-refractivity contribution >= 4 is 6.41 Å². The number of H-pyrrole nitrogens is 1. The number of nitrogens with zero attached hydrogens (tertiary/aromatic N) is 2. The molecule has 1 aromatic heterocycles. The Morgan fingerprint density at radius 2 is 2.14 bits per heavy atom. The van der Waals surface area contributed by atoms with Gasteiger partial charge in [-0.15, -0.1) is 0 Å². The van der Waals surface area contributed by atoms with Crippen LogP contribution < -0.4 is 5.43 Å². The number of aromatic nitrogens is 2. The van der Waals surface area contributed by atoms with Crippen molar-refractivity contribution in [1.82, 2.24) is 20.6 Å². The summed E-state index contributed by atoms with van der Waals surface area (Å²) in [6, 6.07) is 1.83. The first-order valence-corrected chi connectivity index (χ1v) is 4.82. The zero-order valence-corrected chi connectivity index (χ0v) is 8.15. The van der Waals surface area contributed by atoms with Gasteiger partial charge in [0.15, 0.2) is 0 Å². The highest BCUT2D eigenvalue weighted by Crippen LogP contribution is 2.04. The third-order valence-corrected chi connectivity index (χ3v) is 2.00. The summed E-state index contributed by atoms with van der Waals surface area (Å²) in [4.78, 5) is 9.92. The van der Waals surface area contributed by atoms with E-state index < -0.39 is 0 Å². The van der Waals surface area contributed by atoms with E-state index >= 15 is 0 Å². The predicted molar refractivity (Wildman–Crippen MR) is 53.2 cm³/mol. The second-order valence-electron chi connectivity index (χ2n) is 3.06. The third-order valence-electron chi connectivity index (χ3n) is 2.00. The van der Waals surface area contributed by atoms with Gasteiger partial charge in [0.1, 0.15) is 0 Å². The minimum atomic E-state index is 0.741. The molecule has 2 N–H and O–H groups in total. The van der Waals surface area contributed by atoms with E-state index in [9.17, 15) is 4.79 Å². The molecule has 1 aliphatic rings. The van der Waals surface area contributed by atoms with Crippen LogP contribution >= 0.6 is 0 Å². The predicted octanol–water partition coefficient (Wildman–Crippen LogP) is 0.543. The summed E-state index contributed by atoms with van der Waals surface area (Å²) in [6.07, 6.45) is 7.92. The van der Waals surface area contributed by atoms with E-state index in [1.165, 1.54) is 19.3 Å². The van der Waals surface area contributed by atoms with Crippen LogP contribution in [0, 0.1) is 0 Å². The van der Waals surface area contributed by atoms with Crippen LogP contribution in [0.25, 0.3) is 0 Å². The quantitative estimate of drug-likeness (QED) is 0.679. The molecule has 0 radical (unpaired) electrons. The largest absolute Gasteiger partial charge is 0.292 e. The van der Waals surface area contributed by atoms with Crippen molar-refractivity contribution in [1.29, 1.82) is 0 Å². The molecule has 0 aliphatic carbocycles. The van der Waals surface area contributed by atoms with E-state index in [1.54, 1.807) is 12.4 Å². The van der Waals surface area contributed by atoms with Gasteiger partial charge < -0.3 is 0 Å². The monoisotopic (exact) mass is 196 g/mol. The zero-order valence-electron chi connectivity index (χ0n) is 8.15. The van der Waals surface area contributed by atoms with E-state index in [2.05, 4.69) is 15.6 Å². The smallest absolute Gasteiger partial charge is 0.221 e. The molecule has 1 aromatic rings. The number of carbonyl (C=O) groups is 1. The van der Waals surface area contributed by atoms with Crippen LogP contribution in [0.1, 0.15) is 19.3 Å². The number of nitrogens with one attached hydrogen (secondary N) is 2. The molecule has 14 heavy (non-hydrogen) atoms. The molecular weight excluding hydrogens is 180 g/mol. The fourth-order valence-electron chi connectivity index (χ4n) is 1.31. The average Bonchev–Trinajstić information content (AvgIpc) is 2.78. The van der Waals surface area contributed by atoms with Crippen LogP contribution in [0.5, 0.6) is 0 Å². The first kappa shape index (κ1) is 10.7. The van der Waals surface area contributed by atoms with Crippen LogP contribution in [-0.4, -0.2) is 34.7 Å². The minimum Gasteiger partial charge on any atom is -0.292 e. The lowest BCUT2D eigenvalue weighted by Gasteiger charge is -2.24. The summed E-state index contributed by atoms with van der Waals surface area (Å²) in [5.74, 6) is 0. The molecule has 2 rings (SSSR count). The van der Waals surface area contributed by atoms with Gasteiger partial charge in [0.25, 0.3) is 0 Å². The number of carbonyl (C=O) groups excluding carboxylic acids is 1. The Labute approximate surface area is 83.5 Å². The maximum atomic E-state index is 9.92. The molecule has 0 saturated carbocycles. The number of rotatable bonds is 2. The standard InChI is InChI=1S/C6H12N2O.C3H4N2/c9-6-7-8-4-2-1-3-5-8;1-2-4-5-3-1/h6H,1-5H2,(H,7,9);1-3H,(H,4,5). The molecule has 0 bridgehead atoms. The van der Waals surface area contributed by atoms with Gasteiger partial charge in [-0.1, -0.05) is 6.42 Å². The van der Waals surface area contributed by atoms with Crippen LogP contribution in [0.15, 0.2) is 18.5 Å². The Morgan fingerprint density at radius 3 is 2.57 bits per heavy atom. The minimum absolute atomic E-state index is 0.741. The SMILES string of the molecule is O=CNN1CCCCC1.c1cn[nH]c1. The molecule has 1 saturated heterocycles. The second-order valence-corrected chi connectivity index (χ2v) is 3.06. The first-order valence-electron chi connectivity index (χ1n) is 4.82. The third kappa shape index (κ3) is 4.61. The number of hydrogen-bond acceptors (Lipinski definition) is 3. The maximum Gasteiger partial charge on any atom is 0.221 e. The molecule has 0 spiro atoms. The molecule has 0 unspecified atom stereocenters. The van der Waals surface area contributed by atoms with Crippen molar-refractivity contribution < 1.29 is 4.79 Å². The van der Waals surface area contributed by atoms with E-state index in [4.69, 9.17) is 0 Å². The zero-order chi connectivity index (χ0) is 10.1. The highest BCUT2D eigenvalue weighted by molar-refractivity contribution is 5.44. The molecule has 78 valence electrons. The van der Waals surface area contributed by atoms with Crippen molar-refractivity contribution in [2.45, 2.75) is 19.3 Å². The van der Waals surface area contributed by atoms with Crippen molar-refractivity contribution in [3.63, 3.8) is 0 Å². The fraction of sp³-hybridized carbons (Fsp3) is 0.556. The molecule has 5 heteroatoms. The van der Waals surface area contributed by atoms with E-state index in [1.807, 2.05) is 11.1 Å². The molecule has 5 nitrogen and oxygen atoms in total. The van der Waals surface area contributed by atoms with Gasteiger partial charge in [-0.05, 0) is 18.9 Å². The van der Waals surface area contributed by atoms with Gasteiger partial charge in [0, 0.05) is 25.5 Å². The van der Waals surface area contributed by atoms with E-state index in [0.29, 0.717) is 0 Å². The molecule has 0 aromatic carbocycles. The van der Waals surface area contributed by atoms with Crippen molar-refractivity contribution in [2.75, 3.05) is 13.1 Å². The second kappa shape index (κ2) is 7.08. The van der Waals surface area contributed by atoms with Crippen molar-refractivity contribution in [2.24, 2.45) is 0 Å². The van der Waals surface area contributed by atoms with Gasteiger partial charge in [0.05, 0.1) is 0 Å². The first-order chi connectivity index (χ1) is 6.93. The molecule has 2 heterocycles. The summed E-state index contributed by atoms with van der Waals surface area (Å²) < 4.78 is 0. The Balaban J connectivity index is 0.000000165. The molecule has 1 fully saturated rings. The Bertz CT molecular complexity index is 202. The average molecular weight is 196 g/mol. The van der Waals surface area contributed by atoms with Gasteiger partial charge >= 0.3 is 0 Å². The van der Waals surface area contributed by atoms with Crippen LogP contribution in [-0.2, 0) is 4.79 Å². The lowest BCUT2D eigenvalue weighted by molar-refractivity contribution is -0.114. The lowest BCUT2D eigenvalue weighted by Crippen LogP contribution is -2.40.